The molecule has 2 aromatic carbocycles. The standard InChI is InChI=1S/C22H17N7O4/c23-11-15-1-5-17(6-2-15)21(30)24-9-10-28-20-19(12-26-28)22(31)27(14-25-20)13-16-3-7-18(8-4-16)29(32)33/h1-8,12,14H,9-10,13H2,(H,24,30). The van der Waals surface area contributed by atoms with Crippen molar-refractivity contribution in [3.63, 3.8) is 0 Å². The molecule has 0 spiro atoms. The van der Waals surface area contributed by atoms with E-state index in [9.17, 15) is 19.7 Å². The van der Waals surface area contributed by atoms with Crippen LogP contribution in [0.15, 0.2) is 65.8 Å². The molecule has 0 fully saturated rings. The van der Waals surface area contributed by atoms with Crippen LogP contribution in [0.5, 0.6) is 0 Å². The molecule has 164 valence electrons. The summed E-state index contributed by atoms with van der Waals surface area (Å²) in [6, 6.07) is 14.2. The average Bonchev–Trinajstić information content (AvgIpc) is 3.25. The highest BCUT2D eigenvalue weighted by Crippen LogP contribution is 2.13. The Morgan fingerprint density at radius 1 is 1.15 bits per heavy atom. The number of non-ortho nitro benzene ring substituents is 1. The highest BCUT2D eigenvalue weighted by molar-refractivity contribution is 5.94. The van der Waals surface area contributed by atoms with Gasteiger partial charge in [0.15, 0.2) is 5.65 Å². The number of rotatable bonds is 7. The summed E-state index contributed by atoms with van der Waals surface area (Å²) in [6.07, 6.45) is 2.83. The van der Waals surface area contributed by atoms with Gasteiger partial charge in [-0.05, 0) is 29.8 Å². The van der Waals surface area contributed by atoms with Gasteiger partial charge in [0.25, 0.3) is 17.2 Å². The van der Waals surface area contributed by atoms with Gasteiger partial charge in [-0.2, -0.15) is 10.4 Å². The molecule has 11 nitrogen and oxygen atoms in total. The first-order chi connectivity index (χ1) is 16.0. The van der Waals surface area contributed by atoms with Crippen LogP contribution in [0.25, 0.3) is 11.0 Å². The van der Waals surface area contributed by atoms with Gasteiger partial charge in [-0.25, -0.2) is 9.67 Å². The minimum atomic E-state index is -0.481. The van der Waals surface area contributed by atoms with E-state index in [2.05, 4.69) is 15.4 Å². The molecule has 0 aliphatic carbocycles. The van der Waals surface area contributed by atoms with E-state index in [4.69, 9.17) is 5.26 Å². The molecule has 2 aromatic heterocycles. The van der Waals surface area contributed by atoms with E-state index in [1.165, 1.54) is 33.9 Å². The monoisotopic (exact) mass is 443 g/mol. The SMILES string of the molecule is N#Cc1ccc(C(=O)NCCn2ncc3c(=O)n(Cc4ccc([N+](=O)[O-])cc4)cnc32)cc1. The van der Waals surface area contributed by atoms with Crippen LogP contribution in [0.4, 0.5) is 5.69 Å². The molecule has 0 atom stereocenters. The summed E-state index contributed by atoms with van der Waals surface area (Å²) in [5.41, 5.74) is 1.72. The molecule has 4 aromatic rings. The normalized spacial score (nSPS) is 10.6. The van der Waals surface area contributed by atoms with Crippen LogP contribution in [0.2, 0.25) is 0 Å². The number of nitrogens with zero attached hydrogens (tertiary/aromatic N) is 6. The molecule has 4 rings (SSSR count). The van der Waals surface area contributed by atoms with Crippen molar-refractivity contribution in [1.82, 2.24) is 24.6 Å². The van der Waals surface area contributed by atoms with Crippen molar-refractivity contribution in [1.29, 1.82) is 5.26 Å². The van der Waals surface area contributed by atoms with Crippen molar-refractivity contribution in [2.45, 2.75) is 13.1 Å². The van der Waals surface area contributed by atoms with Gasteiger partial charge in [-0.1, -0.05) is 12.1 Å². The number of nitro benzene ring substituents is 1. The molecule has 0 aliphatic rings. The van der Waals surface area contributed by atoms with Crippen LogP contribution in [-0.2, 0) is 13.1 Å². The summed E-state index contributed by atoms with van der Waals surface area (Å²) in [5, 5.41) is 26.9. The molecule has 1 amide bonds. The predicted molar refractivity (Wildman–Crippen MR) is 117 cm³/mol. The Morgan fingerprint density at radius 2 is 1.88 bits per heavy atom. The van der Waals surface area contributed by atoms with Crippen LogP contribution in [0.1, 0.15) is 21.5 Å². The maximum absolute atomic E-state index is 12.8. The number of hydrogen-bond donors (Lipinski definition) is 1. The number of carbonyl (C=O) groups excluding carboxylic acids is 1. The number of amides is 1. The number of fused-ring (bicyclic) bond motifs is 1. The van der Waals surface area contributed by atoms with Crippen LogP contribution in [0, 0.1) is 21.4 Å². The number of benzene rings is 2. The van der Waals surface area contributed by atoms with Crippen molar-refractivity contribution in [3.8, 4) is 6.07 Å². The Morgan fingerprint density at radius 3 is 2.55 bits per heavy atom. The highest BCUT2D eigenvalue weighted by atomic mass is 16.6. The van der Waals surface area contributed by atoms with Gasteiger partial charge in [0.2, 0.25) is 0 Å². The minimum absolute atomic E-state index is 0.0211. The van der Waals surface area contributed by atoms with Gasteiger partial charge < -0.3 is 5.32 Å². The lowest BCUT2D eigenvalue weighted by Gasteiger charge is -2.08. The Kier molecular flexibility index (Phi) is 5.90. The van der Waals surface area contributed by atoms with E-state index in [1.54, 1.807) is 36.4 Å². The zero-order valence-corrected chi connectivity index (χ0v) is 17.2. The molecule has 0 unspecified atom stereocenters. The summed E-state index contributed by atoms with van der Waals surface area (Å²) in [7, 11) is 0. The largest absolute Gasteiger partial charge is 0.350 e. The quantitative estimate of drug-likeness (QED) is 0.338. The second-order valence-electron chi connectivity index (χ2n) is 7.15. The maximum atomic E-state index is 12.8. The molecule has 0 aliphatic heterocycles. The molecular weight excluding hydrogens is 426 g/mol. The van der Waals surface area contributed by atoms with E-state index >= 15 is 0 Å². The molecule has 11 heteroatoms. The molecule has 33 heavy (non-hydrogen) atoms. The number of nitrogens with one attached hydrogen (secondary N) is 1. The van der Waals surface area contributed by atoms with Gasteiger partial charge in [0.1, 0.15) is 11.7 Å². The van der Waals surface area contributed by atoms with Gasteiger partial charge >= 0.3 is 0 Å². The summed E-state index contributed by atoms with van der Waals surface area (Å²) < 4.78 is 2.94. The summed E-state index contributed by atoms with van der Waals surface area (Å²) in [6.45, 7) is 0.791. The van der Waals surface area contributed by atoms with Crippen molar-refractivity contribution in [2.75, 3.05) is 6.54 Å². The third-order valence-electron chi connectivity index (χ3n) is 5.01. The summed E-state index contributed by atoms with van der Waals surface area (Å²) >= 11 is 0. The Hall–Kier alpha value is -4.85. The lowest BCUT2D eigenvalue weighted by molar-refractivity contribution is -0.384. The fraction of sp³-hybridized carbons (Fsp3) is 0.136. The molecular formula is C22H17N7O4. The first-order valence-corrected chi connectivity index (χ1v) is 9.89. The number of aromatic nitrogens is 4. The third kappa shape index (κ3) is 4.59. The fourth-order valence-corrected chi connectivity index (χ4v) is 3.27. The average molecular weight is 443 g/mol. The third-order valence-corrected chi connectivity index (χ3v) is 5.01. The Balaban J connectivity index is 1.43. The summed E-state index contributed by atoms with van der Waals surface area (Å²) in [4.78, 5) is 39.7. The molecule has 0 radical (unpaired) electrons. The smallest absolute Gasteiger partial charge is 0.269 e. The molecule has 1 N–H and O–H groups in total. The van der Waals surface area contributed by atoms with Crippen LogP contribution in [0.3, 0.4) is 0 Å². The van der Waals surface area contributed by atoms with Crippen LogP contribution in [-0.4, -0.2) is 36.7 Å². The molecule has 2 heterocycles. The van der Waals surface area contributed by atoms with E-state index in [1.807, 2.05) is 6.07 Å². The fourth-order valence-electron chi connectivity index (χ4n) is 3.27. The number of carbonyl (C=O) groups is 1. The second kappa shape index (κ2) is 9.11. The lowest BCUT2D eigenvalue weighted by atomic mass is 10.1. The zero-order chi connectivity index (χ0) is 23.4. The number of nitro groups is 1. The topological polar surface area (TPSA) is 149 Å². The van der Waals surface area contributed by atoms with Gasteiger partial charge in [0, 0.05) is 24.2 Å². The van der Waals surface area contributed by atoms with E-state index in [0.717, 1.165) is 5.56 Å². The van der Waals surface area contributed by atoms with Crippen molar-refractivity contribution >= 4 is 22.6 Å². The molecule has 0 saturated carbocycles. The Bertz CT molecular complexity index is 1430. The number of nitriles is 1. The van der Waals surface area contributed by atoms with Crippen LogP contribution < -0.4 is 10.9 Å². The van der Waals surface area contributed by atoms with E-state index in [-0.39, 0.29) is 30.2 Å². The second-order valence-corrected chi connectivity index (χ2v) is 7.15. The number of hydrogen-bond acceptors (Lipinski definition) is 7. The van der Waals surface area contributed by atoms with Gasteiger partial charge in [0.05, 0.1) is 35.8 Å². The van der Waals surface area contributed by atoms with E-state index in [0.29, 0.717) is 28.7 Å². The first-order valence-electron chi connectivity index (χ1n) is 9.89. The minimum Gasteiger partial charge on any atom is -0.350 e. The molecule has 0 bridgehead atoms. The van der Waals surface area contributed by atoms with Crippen molar-refractivity contribution in [2.24, 2.45) is 0 Å². The maximum Gasteiger partial charge on any atom is 0.269 e. The molecule has 0 saturated heterocycles. The predicted octanol–water partition coefficient (Wildman–Crippen LogP) is 1.85. The zero-order valence-electron chi connectivity index (χ0n) is 17.2. The lowest BCUT2D eigenvalue weighted by Crippen LogP contribution is -2.27. The van der Waals surface area contributed by atoms with Crippen molar-refractivity contribution < 1.29 is 9.72 Å². The first kappa shape index (κ1) is 21.4. The van der Waals surface area contributed by atoms with Gasteiger partial charge in [-0.3, -0.25) is 24.3 Å². The highest BCUT2D eigenvalue weighted by Gasteiger charge is 2.12. The Labute approximate surface area is 186 Å². The van der Waals surface area contributed by atoms with Crippen LogP contribution >= 0.6 is 0 Å². The van der Waals surface area contributed by atoms with Gasteiger partial charge in [-0.15, -0.1) is 0 Å². The summed E-state index contributed by atoms with van der Waals surface area (Å²) in [5.74, 6) is -0.283. The van der Waals surface area contributed by atoms with E-state index < -0.39 is 4.92 Å². The van der Waals surface area contributed by atoms with Crippen molar-refractivity contribution in [3.05, 3.63) is 98.2 Å².